The molecule has 5 heteroatoms. The highest BCUT2D eigenvalue weighted by Gasteiger charge is 2.15. The molecule has 0 unspecified atom stereocenters. The van der Waals surface area contributed by atoms with Crippen LogP contribution in [-0.2, 0) is 6.42 Å². The van der Waals surface area contributed by atoms with Crippen LogP contribution in [0.25, 0.3) is 0 Å². The summed E-state index contributed by atoms with van der Waals surface area (Å²) >= 11 is 1.89. The predicted molar refractivity (Wildman–Crippen MR) is 65.2 cm³/mol. The highest BCUT2D eigenvalue weighted by atomic mass is 127. The van der Waals surface area contributed by atoms with E-state index in [1.807, 2.05) is 29.5 Å². The van der Waals surface area contributed by atoms with Crippen LogP contribution in [0.3, 0.4) is 0 Å². The Balaban J connectivity index is 3.23. The van der Waals surface area contributed by atoms with Crippen LogP contribution in [0.4, 0.5) is 8.78 Å². The molecule has 0 saturated heterocycles. The Labute approximate surface area is 106 Å². The molecule has 0 aromatic heterocycles. The first-order valence-electron chi connectivity index (χ1n) is 4.73. The van der Waals surface area contributed by atoms with Crippen LogP contribution in [0.15, 0.2) is 12.1 Å². The normalized spacial score (nSPS) is 10.6. The number of ether oxygens (including phenoxy) is 1. The average molecular weight is 340 g/mol. The molecule has 1 rings (SSSR count). The van der Waals surface area contributed by atoms with Gasteiger partial charge in [0, 0.05) is 5.56 Å². The van der Waals surface area contributed by atoms with Crippen LogP contribution in [0, 0.1) is 3.57 Å². The molecule has 0 aliphatic carbocycles. The van der Waals surface area contributed by atoms with E-state index in [9.17, 15) is 13.6 Å². The zero-order valence-electron chi connectivity index (χ0n) is 8.89. The summed E-state index contributed by atoms with van der Waals surface area (Å²) < 4.78 is 29.3. The molecule has 0 aliphatic rings. The molecule has 2 nitrogen and oxygen atoms in total. The van der Waals surface area contributed by atoms with E-state index in [4.69, 9.17) is 0 Å². The Hall–Kier alpha value is -0.720. The summed E-state index contributed by atoms with van der Waals surface area (Å²) in [6.45, 7) is 0.425. The highest BCUT2D eigenvalue weighted by molar-refractivity contribution is 14.1. The van der Waals surface area contributed by atoms with Gasteiger partial charge in [-0.3, -0.25) is 4.79 Å². The summed E-state index contributed by atoms with van der Waals surface area (Å²) in [6, 6.07) is 3.15. The Morgan fingerprint density at radius 1 is 1.50 bits per heavy atom. The van der Waals surface area contributed by atoms with E-state index in [0.29, 0.717) is 21.1 Å². The molecule has 0 spiro atoms. The maximum absolute atomic E-state index is 12.2. The van der Waals surface area contributed by atoms with Crippen LogP contribution < -0.4 is 4.74 Å². The molecule has 0 radical (unpaired) electrons. The number of carbonyl (C=O) groups is 1. The maximum atomic E-state index is 12.2. The predicted octanol–water partition coefficient (Wildman–Crippen LogP) is 3.66. The molecule has 0 aliphatic heterocycles. The van der Waals surface area contributed by atoms with E-state index >= 15 is 0 Å². The molecule has 0 amide bonds. The monoisotopic (exact) mass is 340 g/mol. The van der Waals surface area contributed by atoms with Crippen molar-refractivity contribution in [2.75, 3.05) is 0 Å². The van der Waals surface area contributed by atoms with E-state index in [1.54, 1.807) is 12.1 Å². The third-order valence-electron chi connectivity index (χ3n) is 2.11. The second-order valence-electron chi connectivity index (χ2n) is 3.23. The molecule has 0 atom stereocenters. The molecule has 1 aromatic rings. The Morgan fingerprint density at radius 2 is 2.12 bits per heavy atom. The number of ketones is 1. The average Bonchev–Trinajstić information content (AvgIpc) is 2.19. The van der Waals surface area contributed by atoms with Gasteiger partial charge in [-0.15, -0.1) is 0 Å². The second-order valence-corrected chi connectivity index (χ2v) is 4.40. The number of hydrogen-bond donors (Lipinski definition) is 0. The van der Waals surface area contributed by atoms with Crippen molar-refractivity contribution in [3.63, 3.8) is 0 Å². The summed E-state index contributed by atoms with van der Waals surface area (Å²) in [5, 5.41) is 0. The van der Waals surface area contributed by atoms with Gasteiger partial charge in [0.1, 0.15) is 5.75 Å². The molecule has 0 bridgehead atoms. The van der Waals surface area contributed by atoms with Crippen molar-refractivity contribution in [1.29, 1.82) is 0 Å². The standard InChI is InChI=1S/C11H11F2IO2/c1-3-7-4-8(6(2)15)5-9(14)10(7)16-11(12)13/h4-5,11H,3H2,1-2H3. The number of rotatable bonds is 4. The summed E-state index contributed by atoms with van der Waals surface area (Å²) in [6.07, 6.45) is 0.541. The molecular formula is C11H11F2IO2. The Kier molecular flexibility index (Phi) is 4.64. The molecule has 0 fully saturated rings. The van der Waals surface area contributed by atoms with Gasteiger partial charge in [0.2, 0.25) is 0 Å². The summed E-state index contributed by atoms with van der Waals surface area (Å²) in [5.74, 6) is 0.0827. The van der Waals surface area contributed by atoms with Crippen molar-refractivity contribution in [3.8, 4) is 5.75 Å². The van der Waals surface area contributed by atoms with Crippen molar-refractivity contribution >= 4 is 28.4 Å². The first kappa shape index (κ1) is 13.3. The fraction of sp³-hybridized carbons (Fsp3) is 0.364. The molecule has 16 heavy (non-hydrogen) atoms. The van der Waals surface area contributed by atoms with Gasteiger partial charge in [-0.2, -0.15) is 8.78 Å². The number of halogens is 3. The first-order chi connectivity index (χ1) is 7.45. The van der Waals surface area contributed by atoms with Crippen molar-refractivity contribution in [3.05, 3.63) is 26.8 Å². The smallest absolute Gasteiger partial charge is 0.387 e. The van der Waals surface area contributed by atoms with E-state index in [-0.39, 0.29) is 11.5 Å². The number of Topliss-reactive ketones (excluding diaryl/α,β-unsaturated/α-hetero) is 1. The number of alkyl halides is 2. The van der Waals surface area contributed by atoms with Gasteiger partial charge < -0.3 is 4.74 Å². The lowest BCUT2D eigenvalue weighted by molar-refractivity contribution is -0.0510. The van der Waals surface area contributed by atoms with Crippen LogP contribution in [0.2, 0.25) is 0 Å². The molecule has 0 N–H and O–H groups in total. The largest absolute Gasteiger partial charge is 0.433 e. The highest BCUT2D eigenvalue weighted by Crippen LogP contribution is 2.29. The lowest BCUT2D eigenvalue weighted by atomic mass is 10.1. The fourth-order valence-electron chi connectivity index (χ4n) is 1.34. The van der Waals surface area contributed by atoms with E-state index in [1.165, 1.54) is 6.92 Å². The minimum Gasteiger partial charge on any atom is -0.433 e. The quantitative estimate of drug-likeness (QED) is 0.618. The fourth-order valence-corrected chi connectivity index (χ4v) is 2.15. The van der Waals surface area contributed by atoms with Gasteiger partial charge in [0.15, 0.2) is 5.78 Å². The third-order valence-corrected chi connectivity index (χ3v) is 2.92. The summed E-state index contributed by atoms with van der Waals surface area (Å²) in [4.78, 5) is 11.2. The van der Waals surface area contributed by atoms with Crippen molar-refractivity contribution in [2.45, 2.75) is 26.9 Å². The van der Waals surface area contributed by atoms with Gasteiger partial charge >= 0.3 is 6.61 Å². The Morgan fingerprint density at radius 3 is 2.56 bits per heavy atom. The maximum Gasteiger partial charge on any atom is 0.387 e. The molecule has 1 aromatic carbocycles. The van der Waals surface area contributed by atoms with Crippen LogP contribution in [0.5, 0.6) is 5.75 Å². The molecule has 88 valence electrons. The minimum absolute atomic E-state index is 0.0868. The topological polar surface area (TPSA) is 26.3 Å². The number of aryl methyl sites for hydroxylation is 1. The van der Waals surface area contributed by atoms with Gasteiger partial charge in [0.05, 0.1) is 3.57 Å². The van der Waals surface area contributed by atoms with Crippen molar-refractivity contribution in [2.24, 2.45) is 0 Å². The summed E-state index contributed by atoms with van der Waals surface area (Å²) in [5.41, 5.74) is 1.14. The zero-order valence-corrected chi connectivity index (χ0v) is 11.0. The van der Waals surface area contributed by atoms with Gasteiger partial charge in [-0.05, 0) is 53.6 Å². The minimum atomic E-state index is -2.85. The lowest BCUT2D eigenvalue weighted by Crippen LogP contribution is -2.07. The summed E-state index contributed by atoms with van der Waals surface area (Å²) in [7, 11) is 0. The number of carbonyl (C=O) groups excluding carboxylic acids is 1. The Bertz CT molecular complexity index is 405. The van der Waals surface area contributed by atoms with Gasteiger partial charge in [-0.25, -0.2) is 0 Å². The number of benzene rings is 1. The SMILES string of the molecule is CCc1cc(C(C)=O)cc(I)c1OC(F)F. The third kappa shape index (κ3) is 3.13. The van der Waals surface area contributed by atoms with E-state index in [2.05, 4.69) is 4.74 Å². The zero-order chi connectivity index (χ0) is 12.3. The molecule has 0 heterocycles. The van der Waals surface area contributed by atoms with Crippen LogP contribution in [-0.4, -0.2) is 12.4 Å². The van der Waals surface area contributed by atoms with E-state index < -0.39 is 6.61 Å². The van der Waals surface area contributed by atoms with Crippen LogP contribution >= 0.6 is 22.6 Å². The van der Waals surface area contributed by atoms with Gasteiger partial charge in [-0.1, -0.05) is 6.92 Å². The van der Waals surface area contributed by atoms with Crippen molar-refractivity contribution < 1.29 is 18.3 Å². The van der Waals surface area contributed by atoms with Gasteiger partial charge in [0.25, 0.3) is 0 Å². The second kappa shape index (κ2) is 5.56. The molecule has 0 saturated carbocycles. The van der Waals surface area contributed by atoms with Crippen molar-refractivity contribution in [1.82, 2.24) is 0 Å². The number of hydrogen-bond acceptors (Lipinski definition) is 2. The van der Waals surface area contributed by atoms with Crippen LogP contribution in [0.1, 0.15) is 29.8 Å². The molecular weight excluding hydrogens is 329 g/mol. The van der Waals surface area contributed by atoms with E-state index in [0.717, 1.165) is 0 Å². The lowest BCUT2D eigenvalue weighted by Gasteiger charge is -2.12. The first-order valence-corrected chi connectivity index (χ1v) is 5.81.